The molecule has 0 atom stereocenters. The van der Waals surface area contributed by atoms with E-state index in [-0.39, 0.29) is 71.3 Å². The Morgan fingerprint density at radius 1 is 0.400 bits per heavy atom. The Kier molecular flexibility index (Phi) is 28.7. The molecule has 20 heavy (non-hydrogen) atoms. The van der Waals surface area contributed by atoms with Crippen molar-refractivity contribution in [3.8, 4) is 0 Å². The van der Waals surface area contributed by atoms with Crippen LogP contribution in [0.5, 0.6) is 0 Å². The molecular weight excluding hydrogens is 512 g/mol. The normalized spacial score (nSPS) is 6.60. The zero-order valence-corrected chi connectivity index (χ0v) is 13.8. The number of carboxylic acids is 6. The van der Waals surface area contributed by atoms with E-state index in [1.807, 2.05) is 0 Å². The summed E-state index contributed by atoms with van der Waals surface area (Å²) >= 11 is 0. The Hall–Kier alpha value is -0.790. The molecule has 0 spiro atoms. The Labute approximate surface area is 165 Å². The topological polar surface area (TPSA) is 241 Å². The first-order valence-electron chi connectivity index (χ1n) is 3.20. The molecule has 0 unspecified atom stereocenters. The van der Waals surface area contributed by atoms with Gasteiger partial charge in [-0.2, -0.15) is 0 Å². The van der Waals surface area contributed by atoms with Crippen molar-refractivity contribution < 1.29 is 131 Å². The predicted octanol–water partition coefficient (Wildman–Crippen LogP) is -10.5. The second kappa shape index (κ2) is 18.2. The number of aliphatic carboxylic acids is 6. The maximum atomic E-state index is 8.93. The van der Waals surface area contributed by atoms with Gasteiger partial charge in [-0.05, 0) is 0 Å². The van der Waals surface area contributed by atoms with Crippen LogP contribution in [0.4, 0.5) is 0 Å². The molecule has 14 heteroatoms. The summed E-state index contributed by atoms with van der Waals surface area (Å²) in [6.45, 7) is 0. The van der Waals surface area contributed by atoms with E-state index in [0.717, 1.165) is 0 Å². The van der Waals surface area contributed by atoms with Crippen molar-refractivity contribution >= 4 is 35.8 Å². The molecule has 0 aromatic rings. The van der Waals surface area contributed by atoms with E-state index in [2.05, 4.69) is 0 Å². The predicted molar refractivity (Wildman–Crippen MR) is 30.0 cm³/mol. The van der Waals surface area contributed by atoms with E-state index >= 15 is 0 Å². The second-order valence-corrected chi connectivity index (χ2v) is 1.72. The van der Waals surface area contributed by atoms with Gasteiger partial charge in [-0.3, -0.25) is 0 Å². The Morgan fingerprint density at radius 2 is 0.450 bits per heavy atom. The van der Waals surface area contributed by atoms with Crippen molar-refractivity contribution in [2.75, 3.05) is 0 Å². The van der Waals surface area contributed by atoms with Crippen molar-refractivity contribution in [1.82, 2.24) is 0 Å². The fourth-order valence-electron chi connectivity index (χ4n) is 0. The molecule has 0 saturated heterocycles. The summed E-state index contributed by atoms with van der Waals surface area (Å²) in [6, 6.07) is 0. The van der Waals surface area contributed by atoms with Crippen LogP contribution in [0.25, 0.3) is 0 Å². The molecular formula is C6O12TbY. The molecule has 0 N–H and O–H groups in total. The van der Waals surface area contributed by atoms with Crippen LogP contribution in [0.1, 0.15) is 0 Å². The van der Waals surface area contributed by atoms with E-state index in [1.54, 1.807) is 0 Å². The molecule has 0 aliphatic heterocycles. The summed E-state index contributed by atoms with van der Waals surface area (Å²) in [6.07, 6.45) is 0. The Bertz CT molecular complexity index is 283. The number of hydrogen-bond donors (Lipinski definition) is 0. The number of carboxylic acid groups (broad SMARTS) is 6. The summed E-state index contributed by atoms with van der Waals surface area (Å²) in [5.74, 6) is -13.1. The molecule has 0 heterocycles. The number of hydrogen-bond acceptors (Lipinski definition) is 12. The van der Waals surface area contributed by atoms with Crippen LogP contribution in [0.2, 0.25) is 0 Å². The van der Waals surface area contributed by atoms with Crippen LogP contribution >= 0.6 is 0 Å². The third-order valence-electron chi connectivity index (χ3n) is 0.500. The van der Waals surface area contributed by atoms with E-state index in [0.29, 0.717) is 0 Å². The molecule has 0 rings (SSSR count). The van der Waals surface area contributed by atoms with Gasteiger partial charge < -0.3 is 59.4 Å². The molecule has 0 fully saturated rings. The van der Waals surface area contributed by atoms with Crippen molar-refractivity contribution in [3.63, 3.8) is 0 Å². The van der Waals surface area contributed by atoms with E-state index in [1.165, 1.54) is 0 Å². The van der Waals surface area contributed by atoms with E-state index in [9.17, 15) is 0 Å². The van der Waals surface area contributed by atoms with Gasteiger partial charge in [0.05, 0.1) is 35.8 Å². The molecule has 0 aliphatic rings. The van der Waals surface area contributed by atoms with Crippen LogP contribution in [0.3, 0.4) is 0 Å². The average molecular weight is 512 g/mol. The fraction of sp³-hybridized carbons (Fsp3) is 0. The third-order valence-corrected chi connectivity index (χ3v) is 0.500. The average Bonchev–Trinajstić information content (AvgIpc) is 2.18. The number of carbonyl (C=O) groups is 6. The first-order valence-corrected chi connectivity index (χ1v) is 3.20. The van der Waals surface area contributed by atoms with Crippen LogP contribution in [0, 0.1) is 38.6 Å². The molecule has 0 aromatic carbocycles. The maximum absolute atomic E-state index is 8.93. The quantitative estimate of drug-likeness (QED) is 0.275. The maximum Gasteiger partial charge on any atom is 3.00 e. The largest absolute Gasteiger partial charge is 3.00 e. The minimum atomic E-state index is -2.19. The minimum Gasteiger partial charge on any atom is -0.543 e. The fourth-order valence-corrected chi connectivity index (χ4v) is 0. The monoisotopic (exact) mass is 512 g/mol. The van der Waals surface area contributed by atoms with Crippen molar-refractivity contribution in [3.05, 3.63) is 0 Å². The molecule has 12 nitrogen and oxygen atoms in total. The van der Waals surface area contributed by atoms with Gasteiger partial charge >= 0.3 is 71.3 Å². The molecule has 0 aromatic heterocycles. The van der Waals surface area contributed by atoms with Gasteiger partial charge in [0.2, 0.25) is 0 Å². The zero-order chi connectivity index (χ0) is 15.5. The van der Waals surface area contributed by atoms with Gasteiger partial charge in [0, 0.05) is 0 Å². The molecule has 0 aliphatic carbocycles. The van der Waals surface area contributed by atoms with Crippen LogP contribution < -0.4 is 30.6 Å². The SMILES string of the molecule is O=C([O-])C(=O)[O-].O=C([O-])C(=O)[O-].O=C([O-])C(=O)[O-].[Tb+3].[Y+3]. The van der Waals surface area contributed by atoms with Crippen molar-refractivity contribution in [1.29, 1.82) is 0 Å². The second-order valence-electron chi connectivity index (χ2n) is 1.72. The van der Waals surface area contributed by atoms with Gasteiger partial charge in [-0.15, -0.1) is 0 Å². The van der Waals surface area contributed by atoms with Gasteiger partial charge in [0.1, 0.15) is 0 Å². The summed E-state index contributed by atoms with van der Waals surface area (Å²) in [5.41, 5.74) is 0. The molecule has 0 bridgehead atoms. The molecule has 108 valence electrons. The van der Waals surface area contributed by atoms with Crippen LogP contribution in [-0.4, -0.2) is 35.8 Å². The summed E-state index contributed by atoms with van der Waals surface area (Å²) < 4.78 is 0. The first kappa shape index (κ1) is 31.5. The molecule has 0 saturated carbocycles. The van der Waals surface area contributed by atoms with Gasteiger partial charge in [-0.1, -0.05) is 0 Å². The van der Waals surface area contributed by atoms with E-state index < -0.39 is 35.8 Å². The van der Waals surface area contributed by atoms with Gasteiger partial charge in [-0.25, -0.2) is 0 Å². The van der Waals surface area contributed by atoms with Crippen LogP contribution in [-0.2, 0) is 61.5 Å². The number of carbonyl (C=O) groups excluding carboxylic acids is 6. The summed E-state index contributed by atoms with van der Waals surface area (Å²) in [5, 5.41) is 53.6. The first-order chi connectivity index (χ1) is 7.93. The van der Waals surface area contributed by atoms with Gasteiger partial charge in [0.25, 0.3) is 0 Å². The minimum absolute atomic E-state index is 0. The zero-order valence-electron chi connectivity index (χ0n) is 8.81. The summed E-state index contributed by atoms with van der Waals surface area (Å²) in [4.78, 5) is 53.6. The third kappa shape index (κ3) is 36.0. The Balaban J connectivity index is -0.0000000536. The Morgan fingerprint density at radius 3 is 0.450 bits per heavy atom. The van der Waals surface area contributed by atoms with E-state index in [4.69, 9.17) is 59.4 Å². The smallest absolute Gasteiger partial charge is 0.543 e. The van der Waals surface area contributed by atoms with Crippen molar-refractivity contribution in [2.45, 2.75) is 0 Å². The van der Waals surface area contributed by atoms with Crippen LogP contribution in [0.15, 0.2) is 0 Å². The van der Waals surface area contributed by atoms with Crippen molar-refractivity contribution in [2.24, 2.45) is 0 Å². The number of rotatable bonds is 0. The standard InChI is InChI=1S/3C2H2O4.Tb.Y/c3*3-1(4)2(5)6;;/h3*(H,3,4)(H,5,6);;/q;;;2*+3/p-6. The molecule has 0 radical (unpaired) electrons. The molecule has 0 amide bonds. The summed E-state index contributed by atoms with van der Waals surface area (Å²) in [7, 11) is 0. The van der Waals surface area contributed by atoms with Gasteiger partial charge in [0.15, 0.2) is 0 Å².